The summed E-state index contributed by atoms with van der Waals surface area (Å²) in [5.41, 5.74) is 0. The third kappa shape index (κ3) is 7.08. The molecule has 0 aliphatic rings. The minimum absolute atomic E-state index is 0.0233. The molecular formula is C14H26N2O5. The van der Waals surface area contributed by atoms with Gasteiger partial charge >= 0.3 is 11.9 Å². The van der Waals surface area contributed by atoms with Crippen molar-refractivity contribution >= 4 is 17.8 Å². The van der Waals surface area contributed by atoms with Crippen LogP contribution in [0.15, 0.2) is 0 Å². The van der Waals surface area contributed by atoms with Gasteiger partial charge in [-0.25, -0.2) is 4.79 Å². The lowest BCUT2D eigenvalue weighted by molar-refractivity contribution is -0.147. The zero-order valence-electron chi connectivity index (χ0n) is 13.5. The predicted molar refractivity (Wildman–Crippen MR) is 77.5 cm³/mol. The third-order valence-corrected chi connectivity index (χ3v) is 3.38. The van der Waals surface area contributed by atoms with Crippen LogP contribution in [0.25, 0.3) is 0 Å². The molecule has 0 radical (unpaired) electrons. The van der Waals surface area contributed by atoms with Crippen molar-refractivity contribution in [2.45, 2.75) is 33.2 Å². The Bertz CT molecular complexity index is 359. The number of hydrogen-bond donors (Lipinski definition) is 1. The molecule has 1 amide bonds. The van der Waals surface area contributed by atoms with E-state index in [1.807, 2.05) is 20.8 Å². The van der Waals surface area contributed by atoms with Crippen LogP contribution in [0.2, 0.25) is 0 Å². The standard InChI is InChI=1S/C14H26N2O5/c1-6-10(3)13(14(19)21-5)15-11(17)8-16(7-2)9-12(18)20-4/h10,13H,6-9H2,1-5H3,(H,15,17). The number of esters is 2. The Morgan fingerprint density at radius 1 is 1.10 bits per heavy atom. The average molecular weight is 302 g/mol. The number of rotatable bonds is 9. The second-order valence-electron chi connectivity index (χ2n) is 4.83. The van der Waals surface area contributed by atoms with E-state index in [-0.39, 0.29) is 24.9 Å². The minimum Gasteiger partial charge on any atom is -0.468 e. The monoisotopic (exact) mass is 302 g/mol. The van der Waals surface area contributed by atoms with E-state index in [1.54, 1.807) is 4.90 Å². The summed E-state index contributed by atoms with van der Waals surface area (Å²) in [5, 5.41) is 2.67. The van der Waals surface area contributed by atoms with E-state index in [1.165, 1.54) is 14.2 Å². The second kappa shape index (κ2) is 10.1. The molecular weight excluding hydrogens is 276 g/mol. The highest BCUT2D eigenvalue weighted by Gasteiger charge is 2.27. The molecule has 0 heterocycles. The zero-order chi connectivity index (χ0) is 16.4. The van der Waals surface area contributed by atoms with Gasteiger partial charge in [-0.05, 0) is 12.5 Å². The number of hydrogen-bond acceptors (Lipinski definition) is 6. The van der Waals surface area contributed by atoms with Gasteiger partial charge in [0.15, 0.2) is 0 Å². The van der Waals surface area contributed by atoms with Crippen molar-refractivity contribution in [1.82, 2.24) is 10.2 Å². The van der Waals surface area contributed by atoms with Gasteiger partial charge in [0.2, 0.25) is 5.91 Å². The Balaban J connectivity index is 4.60. The lowest BCUT2D eigenvalue weighted by Gasteiger charge is -2.24. The molecule has 2 atom stereocenters. The van der Waals surface area contributed by atoms with Gasteiger partial charge in [-0.15, -0.1) is 0 Å². The van der Waals surface area contributed by atoms with Gasteiger partial charge in [-0.2, -0.15) is 0 Å². The van der Waals surface area contributed by atoms with Gasteiger partial charge in [-0.3, -0.25) is 14.5 Å². The highest BCUT2D eigenvalue weighted by Crippen LogP contribution is 2.09. The van der Waals surface area contributed by atoms with Crippen LogP contribution >= 0.6 is 0 Å². The molecule has 7 heteroatoms. The first-order chi connectivity index (χ1) is 9.89. The molecule has 1 N–H and O–H groups in total. The maximum Gasteiger partial charge on any atom is 0.328 e. The van der Waals surface area contributed by atoms with E-state index in [0.717, 1.165) is 6.42 Å². The van der Waals surface area contributed by atoms with Gasteiger partial charge in [0.05, 0.1) is 27.3 Å². The fourth-order valence-electron chi connectivity index (χ4n) is 1.74. The molecule has 7 nitrogen and oxygen atoms in total. The molecule has 0 spiro atoms. The Morgan fingerprint density at radius 2 is 1.71 bits per heavy atom. The summed E-state index contributed by atoms with van der Waals surface area (Å²) in [6.07, 6.45) is 0.736. The molecule has 0 saturated carbocycles. The summed E-state index contributed by atoms with van der Waals surface area (Å²) >= 11 is 0. The SMILES string of the molecule is CCC(C)C(NC(=O)CN(CC)CC(=O)OC)C(=O)OC. The fourth-order valence-corrected chi connectivity index (χ4v) is 1.74. The van der Waals surface area contributed by atoms with Crippen molar-refractivity contribution in [3.8, 4) is 0 Å². The molecule has 2 unspecified atom stereocenters. The van der Waals surface area contributed by atoms with Crippen molar-refractivity contribution < 1.29 is 23.9 Å². The van der Waals surface area contributed by atoms with Gasteiger partial charge in [-0.1, -0.05) is 27.2 Å². The average Bonchev–Trinajstić information content (AvgIpc) is 2.49. The largest absolute Gasteiger partial charge is 0.468 e. The number of nitrogens with one attached hydrogen (secondary N) is 1. The third-order valence-electron chi connectivity index (χ3n) is 3.38. The Kier molecular flexibility index (Phi) is 9.36. The number of likely N-dealkylation sites (N-methyl/N-ethyl adjacent to an activating group) is 1. The normalized spacial score (nSPS) is 13.4. The molecule has 0 saturated heterocycles. The van der Waals surface area contributed by atoms with E-state index in [9.17, 15) is 14.4 Å². The van der Waals surface area contributed by atoms with Crippen LogP contribution in [0.3, 0.4) is 0 Å². The predicted octanol–water partition coefficient (Wildman–Crippen LogP) is 0.185. The van der Waals surface area contributed by atoms with E-state index >= 15 is 0 Å². The van der Waals surface area contributed by atoms with Crippen LogP contribution < -0.4 is 5.32 Å². The van der Waals surface area contributed by atoms with E-state index in [4.69, 9.17) is 4.74 Å². The van der Waals surface area contributed by atoms with Crippen molar-refractivity contribution in [3.63, 3.8) is 0 Å². The summed E-state index contributed by atoms with van der Waals surface area (Å²) in [7, 11) is 2.59. The number of carbonyl (C=O) groups excluding carboxylic acids is 3. The molecule has 0 aromatic rings. The first kappa shape index (κ1) is 19.4. The molecule has 0 bridgehead atoms. The van der Waals surface area contributed by atoms with Crippen LogP contribution in [0.5, 0.6) is 0 Å². The van der Waals surface area contributed by atoms with Crippen molar-refractivity contribution in [3.05, 3.63) is 0 Å². The van der Waals surface area contributed by atoms with Gasteiger partial charge in [0.25, 0.3) is 0 Å². The molecule has 0 aromatic heterocycles. The molecule has 21 heavy (non-hydrogen) atoms. The Hall–Kier alpha value is -1.63. The van der Waals surface area contributed by atoms with Crippen LogP contribution in [0.1, 0.15) is 27.2 Å². The Labute approximate surface area is 126 Å². The first-order valence-electron chi connectivity index (χ1n) is 7.05. The quantitative estimate of drug-likeness (QED) is 0.612. The topological polar surface area (TPSA) is 84.9 Å². The van der Waals surface area contributed by atoms with E-state index in [2.05, 4.69) is 10.1 Å². The number of ether oxygens (including phenoxy) is 2. The number of nitrogens with zero attached hydrogens (tertiary/aromatic N) is 1. The summed E-state index contributed by atoms with van der Waals surface area (Å²) < 4.78 is 9.28. The fraction of sp³-hybridized carbons (Fsp3) is 0.786. The number of carbonyl (C=O) groups is 3. The minimum atomic E-state index is -0.677. The Morgan fingerprint density at radius 3 is 2.14 bits per heavy atom. The molecule has 0 aliphatic carbocycles. The summed E-state index contributed by atoms with van der Waals surface area (Å²) in [6.45, 7) is 6.22. The van der Waals surface area contributed by atoms with Crippen LogP contribution in [-0.4, -0.2) is 62.6 Å². The maximum atomic E-state index is 12.0. The zero-order valence-corrected chi connectivity index (χ0v) is 13.5. The highest BCUT2D eigenvalue weighted by molar-refractivity contribution is 5.86. The van der Waals surface area contributed by atoms with Crippen molar-refractivity contribution in [1.29, 1.82) is 0 Å². The van der Waals surface area contributed by atoms with Gasteiger partial charge in [0, 0.05) is 0 Å². The molecule has 0 fully saturated rings. The first-order valence-corrected chi connectivity index (χ1v) is 7.05. The summed E-state index contributed by atoms with van der Waals surface area (Å²) in [4.78, 5) is 36.6. The van der Waals surface area contributed by atoms with Crippen LogP contribution in [-0.2, 0) is 23.9 Å². The van der Waals surface area contributed by atoms with Gasteiger partial charge in [0.1, 0.15) is 6.04 Å². The molecule has 0 aromatic carbocycles. The lowest BCUT2D eigenvalue weighted by Crippen LogP contribution is -2.49. The van der Waals surface area contributed by atoms with Crippen LogP contribution in [0, 0.1) is 5.92 Å². The second-order valence-corrected chi connectivity index (χ2v) is 4.83. The summed E-state index contributed by atoms with van der Waals surface area (Å²) in [5.74, 6) is -1.22. The smallest absolute Gasteiger partial charge is 0.328 e. The van der Waals surface area contributed by atoms with Crippen molar-refractivity contribution in [2.24, 2.45) is 5.92 Å². The lowest BCUT2D eigenvalue weighted by atomic mass is 9.99. The highest BCUT2D eigenvalue weighted by atomic mass is 16.5. The molecule has 122 valence electrons. The van der Waals surface area contributed by atoms with Crippen LogP contribution in [0.4, 0.5) is 0 Å². The maximum absolute atomic E-state index is 12.0. The summed E-state index contributed by atoms with van der Waals surface area (Å²) in [6, 6.07) is -0.677. The van der Waals surface area contributed by atoms with Gasteiger partial charge < -0.3 is 14.8 Å². The number of amides is 1. The van der Waals surface area contributed by atoms with E-state index < -0.39 is 18.0 Å². The molecule has 0 aliphatic heterocycles. The number of methoxy groups -OCH3 is 2. The van der Waals surface area contributed by atoms with E-state index in [0.29, 0.717) is 6.54 Å². The molecule has 0 rings (SSSR count). The van der Waals surface area contributed by atoms with Crippen molar-refractivity contribution in [2.75, 3.05) is 33.9 Å².